The first-order valence-electron chi connectivity index (χ1n) is 12.7. The molecule has 0 bridgehead atoms. The van der Waals surface area contributed by atoms with Crippen molar-refractivity contribution >= 4 is 65.7 Å². The SMILES string of the molecule is COC(=O)c1ccccc1N=Nc1c(N)c(N=Nc2cc(C)c(NCCS(=O)(=O)CCO)cc2OC)cc(S(=O)(=O)O)c1N. The molecule has 0 aliphatic carbocycles. The van der Waals surface area contributed by atoms with Gasteiger partial charge in [-0.1, -0.05) is 12.1 Å². The second kappa shape index (κ2) is 14.2. The average Bonchev–Trinajstić information content (AvgIpc) is 2.96. The predicted molar refractivity (Wildman–Crippen MR) is 163 cm³/mol. The number of benzene rings is 3. The molecule has 0 atom stereocenters. The number of carbonyl (C=O) groups excluding carboxylic acids is 1. The number of nitrogen functional groups attached to an aromatic ring is 2. The van der Waals surface area contributed by atoms with Crippen molar-refractivity contribution in [1.82, 2.24) is 0 Å². The van der Waals surface area contributed by atoms with Gasteiger partial charge in [0.2, 0.25) is 0 Å². The van der Waals surface area contributed by atoms with Crippen molar-refractivity contribution in [3.8, 4) is 5.75 Å². The van der Waals surface area contributed by atoms with Crippen LogP contribution in [-0.2, 0) is 24.7 Å². The number of aliphatic hydroxyl groups excluding tert-OH is 1. The van der Waals surface area contributed by atoms with Crippen molar-refractivity contribution in [2.45, 2.75) is 11.8 Å². The average molecular weight is 650 g/mol. The minimum absolute atomic E-state index is 0.0638. The Morgan fingerprint density at radius 1 is 0.909 bits per heavy atom. The van der Waals surface area contributed by atoms with Crippen LogP contribution in [0.5, 0.6) is 5.75 Å². The third kappa shape index (κ3) is 8.25. The molecule has 0 radical (unpaired) electrons. The molecule has 236 valence electrons. The zero-order chi connectivity index (χ0) is 32.7. The summed E-state index contributed by atoms with van der Waals surface area (Å²) in [5, 5.41) is 28.0. The molecule has 0 fully saturated rings. The Kier molecular flexibility index (Phi) is 10.9. The molecule has 3 aromatic carbocycles. The van der Waals surface area contributed by atoms with Gasteiger partial charge in [0.05, 0.1) is 49.3 Å². The number of ether oxygens (including phenoxy) is 2. The summed E-state index contributed by atoms with van der Waals surface area (Å²) in [5.74, 6) is -1.01. The lowest BCUT2D eigenvalue weighted by Crippen LogP contribution is -2.20. The number of azo groups is 2. The van der Waals surface area contributed by atoms with Crippen LogP contribution in [-0.4, -0.2) is 71.3 Å². The third-order valence-corrected chi connectivity index (χ3v) is 8.61. The van der Waals surface area contributed by atoms with Crippen LogP contribution in [0.25, 0.3) is 0 Å². The number of carbonyl (C=O) groups is 1. The molecule has 44 heavy (non-hydrogen) atoms. The van der Waals surface area contributed by atoms with Crippen molar-refractivity contribution in [2.24, 2.45) is 20.5 Å². The Labute approximate surface area is 253 Å². The van der Waals surface area contributed by atoms with Crippen LogP contribution in [0, 0.1) is 6.92 Å². The largest absolute Gasteiger partial charge is 0.494 e. The van der Waals surface area contributed by atoms with Gasteiger partial charge in [0.15, 0.2) is 9.84 Å². The van der Waals surface area contributed by atoms with Gasteiger partial charge < -0.3 is 31.4 Å². The van der Waals surface area contributed by atoms with E-state index in [2.05, 4.69) is 25.8 Å². The number of anilines is 3. The number of methoxy groups -OCH3 is 2. The van der Waals surface area contributed by atoms with E-state index in [-0.39, 0.29) is 57.8 Å². The lowest BCUT2D eigenvalue weighted by atomic mass is 10.1. The van der Waals surface area contributed by atoms with Crippen molar-refractivity contribution < 1.29 is 40.8 Å². The molecule has 0 saturated carbocycles. The van der Waals surface area contributed by atoms with E-state index in [1.807, 2.05) is 0 Å². The van der Waals surface area contributed by atoms with E-state index in [4.69, 9.17) is 26.0 Å². The second-order valence-corrected chi connectivity index (χ2v) is 12.8. The van der Waals surface area contributed by atoms with E-state index >= 15 is 0 Å². The maximum atomic E-state index is 12.1. The van der Waals surface area contributed by atoms with Gasteiger partial charge in [-0.25, -0.2) is 13.2 Å². The lowest BCUT2D eigenvalue weighted by molar-refractivity contribution is 0.0601. The summed E-state index contributed by atoms with van der Waals surface area (Å²) in [4.78, 5) is 11.3. The van der Waals surface area contributed by atoms with Crippen LogP contribution in [0.1, 0.15) is 15.9 Å². The smallest absolute Gasteiger partial charge is 0.340 e. The van der Waals surface area contributed by atoms with Crippen LogP contribution in [0.4, 0.5) is 39.8 Å². The fraction of sp³-hybridized carbons (Fsp3) is 0.269. The Morgan fingerprint density at radius 2 is 1.57 bits per heavy atom. The third-order valence-electron chi connectivity index (χ3n) is 6.09. The molecule has 16 nitrogen and oxygen atoms in total. The summed E-state index contributed by atoms with van der Waals surface area (Å²) < 4.78 is 67.9. The number of hydrogen-bond donors (Lipinski definition) is 5. The zero-order valence-electron chi connectivity index (χ0n) is 23.9. The molecule has 7 N–H and O–H groups in total. The molecule has 0 aliphatic rings. The fourth-order valence-electron chi connectivity index (χ4n) is 3.81. The Morgan fingerprint density at radius 3 is 2.20 bits per heavy atom. The van der Waals surface area contributed by atoms with Gasteiger partial charge in [0.1, 0.15) is 33.4 Å². The van der Waals surface area contributed by atoms with Gasteiger partial charge in [0, 0.05) is 18.3 Å². The molecule has 18 heteroatoms. The maximum Gasteiger partial charge on any atom is 0.340 e. The summed E-state index contributed by atoms with van der Waals surface area (Å²) in [5.41, 5.74) is 12.4. The highest BCUT2D eigenvalue weighted by Crippen LogP contribution is 2.44. The van der Waals surface area contributed by atoms with Crippen molar-refractivity contribution in [3.05, 3.63) is 53.6 Å². The molecule has 0 aromatic heterocycles. The zero-order valence-corrected chi connectivity index (χ0v) is 25.5. The number of hydrogen-bond acceptors (Lipinski definition) is 15. The van der Waals surface area contributed by atoms with E-state index in [0.29, 0.717) is 11.3 Å². The molecule has 0 unspecified atom stereocenters. The topological polar surface area (TPSA) is 258 Å². The molecule has 0 saturated heterocycles. The molecular weight excluding hydrogens is 618 g/mol. The highest BCUT2D eigenvalue weighted by molar-refractivity contribution is 7.91. The lowest BCUT2D eigenvalue weighted by Gasteiger charge is -2.13. The molecule has 0 heterocycles. The number of esters is 1. The number of nitrogens with two attached hydrogens (primary N) is 2. The fourth-order valence-corrected chi connectivity index (χ4v) is 5.34. The molecular formula is C26H31N7O9S2. The number of aryl methyl sites for hydroxylation is 1. The van der Waals surface area contributed by atoms with E-state index in [0.717, 1.165) is 6.07 Å². The maximum absolute atomic E-state index is 12.1. The van der Waals surface area contributed by atoms with Crippen LogP contribution < -0.4 is 21.5 Å². The standard InChI is InChI=1S/C26H31N7O9S2/c1-15-12-19(21(41-2)13-18(15)29-8-10-43(36,37)11-9-34)31-32-20-14-22(44(38,39)40)24(28)25(23(20)27)33-30-17-7-5-4-6-16(17)26(35)42-3/h4-7,12-14,29,34H,8-11,27-28H2,1-3H3,(H,38,39,40). The van der Waals surface area contributed by atoms with Gasteiger partial charge >= 0.3 is 5.97 Å². The Balaban J connectivity index is 2.03. The van der Waals surface area contributed by atoms with Crippen molar-refractivity contribution in [3.63, 3.8) is 0 Å². The summed E-state index contributed by atoms with van der Waals surface area (Å²) in [7, 11) is -5.75. The molecule has 3 aromatic rings. The second-order valence-electron chi connectivity index (χ2n) is 9.09. The number of rotatable bonds is 13. The van der Waals surface area contributed by atoms with E-state index < -0.39 is 43.1 Å². The van der Waals surface area contributed by atoms with Gasteiger partial charge in [-0.15, -0.1) is 20.5 Å². The highest BCUT2D eigenvalue weighted by atomic mass is 32.2. The Hall–Kier alpha value is -4.65. The normalized spacial score (nSPS) is 12.1. The summed E-state index contributed by atoms with van der Waals surface area (Å²) >= 11 is 0. The molecule has 3 rings (SSSR count). The van der Waals surface area contributed by atoms with Gasteiger partial charge in [-0.2, -0.15) is 8.42 Å². The minimum atomic E-state index is -4.88. The number of sulfone groups is 1. The highest BCUT2D eigenvalue weighted by Gasteiger charge is 2.23. The van der Waals surface area contributed by atoms with Crippen LogP contribution >= 0.6 is 0 Å². The summed E-state index contributed by atoms with van der Waals surface area (Å²) in [6.07, 6.45) is 0. The first kappa shape index (κ1) is 33.8. The van der Waals surface area contributed by atoms with Gasteiger partial charge in [-0.05, 0) is 36.8 Å². The molecule has 0 spiro atoms. The van der Waals surface area contributed by atoms with Crippen molar-refractivity contribution in [1.29, 1.82) is 0 Å². The Bertz CT molecular complexity index is 1830. The van der Waals surface area contributed by atoms with Crippen LogP contribution in [0.2, 0.25) is 0 Å². The van der Waals surface area contributed by atoms with Crippen LogP contribution in [0.15, 0.2) is 67.8 Å². The minimum Gasteiger partial charge on any atom is -0.494 e. The quantitative estimate of drug-likeness (QED) is 0.0765. The first-order valence-corrected chi connectivity index (χ1v) is 15.9. The monoisotopic (exact) mass is 649 g/mol. The van der Waals surface area contributed by atoms with Crippen LogP contribution in [0.3, 0.4) is 0 Å². The van der Waals surface area contributed by atoms with E-state index in [1.165, 1.54) is 26.4 Å². The van der Waals surface area contributed by atoms with Crippen molar-refractivity contribution in [2.75, 3.05) is 55.7 Å². The summed E-state index contributed by atoms with van der Waals surface area (Å²) in [6.45, 7) is 1.34. The van der Waals surface area contributed by atoms with E-state index in [1.54, 1.807) is 31.2 Å². The predicted octanol–water partition coefficient (Wildman–Crippen LogP) is 3.85. The van der Waals surface area contributed by atoms with Gasteiger partial charge in [-0.3, -0.25) is 4.55 Å². The number of nitrogens with zero attached hydrogens (tertiary/aromatic N) is 4. The summed E-state index contributed by atoms with van der Waals surface area (Å²) in [6, 6.07) is 10.1. The molecule has 0 amide bonds. The molecule has 0 aliphatic heterocycles. The number of aliphatic hydroxyl groups is 1. The van der Waals surface area contributed by atoms with Gasteiger partial charge in [0.25, 0.3) is 10.1 Å². The van der Waals surface area contributed by atoms with E-state index in [9.17, 15) is 26.2 Å². The number of nitrogens with one attached hydrogen (secondary N) is 1. The first-order chi connectivity index (χ1) is 20.7.